The first-order chi connectivity index (χ1) is 10.1. The molecule has 2 aromatic rings. The van der Waals surface area contributed by atoms with E-state index in [-0.39, 0.29) is 6.04 Å². The van der Waals surface area contributed by atoms with E-state index in [0.717, 1.165) is 35.6 Å². The molecule has 0 aliphatic rings. The minimum atomic E-state index is 0.0352. The quantitative estimate of drug-likeness (QED) is 0.811. The average molecular weight is 285 g/mol. The third-order valence-corrected chi connectivity index (χ3v) is 3.36. The monoisotopic (exact) mass is 285 g/mol. The lowest BCUT2D eigenvalue weighted by Crippen LogP contribution is -2.07. The van der Waals surface area contributed by atoms with Gasteiger partial charge in [-0.2, -0.15) is 0 Å². The molecule has 0 aliphatic heterocycles. The van der Waals surface area contributed by atoms with Crippen molar-refractivity contribution in [2.75, 3.05) is 11.9 Å². The van der Waals surface area contributed by atoms with Gasteiger partial charge in [0.2, 0.25) is 0 Å². The van der Waals surface area contributed by atoms with E-state index in [4.69, 9.17) is 4.74 Å². The molecule has 3 heteroatoms. The van der Waals surface area contributed by atoms with Gasteiger partial charge in [-0.25, -0.2) is 0 Å². The summed E-state index contributed by atoms with van der Waals surface area (Å²) in [6.45, 7) is 6.83. The Morgan fingerprint density at radius 2 is 1.86 bits per heavy atom. The first kappa shape index (κ1) is 15.2. The van der Waals surface area contributed by atoms with Crippen LogP contribution in [0.3, 0.4) is 0 Å². The molecule has 112 valence electrons. The predicted molar refractivity (Wildman–Crippen MR) is 87.1 cm³/mol. The summed E-state index contributed by atoms with van der Waals surface area (Å²) in [7, 11) is 0. The fourth-order valence-corrected chi connectivity index (χ4v) is 2.21. The number of anilines is 1. The summed E-state index contributed by atoms with van der Waals surface area (Å²) in [5.74, 6) is 1.21. The molecule has 2 rings (SSSR count). The Hall–Kier alpha value is -2.16. The molecule has 0 aliphatic carbocycles. The number of rotatable bonds is 6. The highest BCUT2D eigenvalue weighted by atomic mass is 16.5. The van der Waals surface area contributed by atoms with Gasteiger partial charge in [-0.05, 0) is 56.2 Å². The Morgan fingerprint density at radius 3 is 2.48 bits per heavy atom. The zero-order valence-electron chi connectivity index (χ0n) is 12.9. The maximum Gasteiger partial charge on any atom is 0.121 e. The molecule has 2 aromatic carbocycles. The van der Waals surface area contributed by atoms with Gasteiger partial charge in [0.05, 0.1) is 12.6 Å². The second kappa shape index (κ2) is 7.02. The first-order valence-corrected chi connectivity index (χ1v) is 7.39. The molecule has 0 radical (unpaired) electrons. The first-order valence-electron chi connectivity index (χ1n) is 7.39. The fourth-order valence-electron chi connectivity index (χ4n) is 2.21. The van der Waals surface area contributed by atoms with Gasteiger partial charge in [-0.1, -0.05) is 19.1 Å². The lowest BCUT2D eigenvalue weighted by atomic mass is 10.0. The minimum absolute atomic E-state index is 0.0352. The fraction of sp³-hybridized carbons (Fsp3) is 0.333. The summed E-state index contributed by atoms with van der Waals surface area (Å²) >= 11 is 0. The Bertz CT molecular complexity index is 578. The lowest BCUT2D eigenvalue weighted by Gasteiger charge is -2.17. The van der Waals surface area contributed by atoms with Crippen molar-refractivity contribution in [3.63, 3.8) is 0 Å². The zero-order chi connectivity index (χ0) is 15.2. The number of hydrogen-bond acceptors (Lipinski definition) is 3. The molecule has 0 heterocycles. The molecule has 1 atom stereocenters. The second-order valence-electron chi connectivity index (χ2n) is 5.30. The van der Waals surface area contributed by atoms with Crippen LogP contribution >= 0.6 is 0 Å². The van der Waals surface area contributed by atoms with E-state index in [2.05, 4.69) is 12.2 Å². The van der Waals surface area contributed by atoms with Gasteiger partial charge in [0.25, 0.3) is 0 Å². The number of benzene rings is 2. The Balaban J connectivity index is 2.03. The van der Waals surface area contributed by atoms with E-state index in [1.807, 2.05) is 50.2 Å². The molecule has 0 saturated heterocycles. The zero-order valence-corrected chi connectivity index (χ0v) is 12.9. The van der Waals surface area contributed by atoms with Crippen molar-refractivity contribution in [1.29, 1.82) is 0 Å². The van der Waals surface area contributed by atoms with Gasteiger partial charge in [0.1, 0.15) is 11.5 Å². The largest absolute Gasteiger partial charge is 0.508 e. The Labute approximate surface area is 126 Å². The van der Waals surface area contributed by atoms with E-state index in [9.17, 15) is 5.11 Å². The van der Waals surface area contributed by atoms with Crippen LogP contribution in [-0.2, 0) is 0 Å². The number of ether oxygens (including phenoxy) is 1. The van der Waals surface area contributed by atoms with Gasteiger partial charge in [0, 0.05) is 11.3 Å². The lowest BCUT2D eigenvalue weighted by molar-refractivity contribution is 0.317. The van der Waals surface area contributed by atoms with E-state index in [1.165, 1.54) is 0 Å². The smallest absolute Gasteiger partial charge is 0.121 e. The number of nitrogens with one attached hydrogen (secondary N) is 1. The third-order valence-electron chi connectivity index (χ3n) is 3.36. The molecule has 0 fully saturated rings. The summed E-state index contributed by atoms with van der Waals surface area (Å²) in [5.41, 5.74) is 2.96. The van der Waals surface area contributed by atoms with Gasteiger partial charge in [-0.3, -0.25) is 0 Å². The van der Waals surface area contributed by atoms with Crippen molar-refractivity contribution in [3.8, 4) is 11.5 Å². The van der Waals surface area contributed by atoms with Crippen LogP contribution in [0.25, 0.3) is 0 Å². The summed E-state index contributed by atoms with van der Waals surface area (Å²) < 4.78 is 5.56. The highest BCUT2D eigenvalue weighted by molar-refractivity contribution is 5.50. The molecule has 0 saturated carbocycles. The van der Waals surface area contributed by atoms with Crippen LogP contribution in [0.1, 0.15) is 37.4 Å². The van der Waals surface area contributed by atoms with Crippen LogP contribution in [0.5, 0.6) is 11.5 Å². The number of hydrogen-bond donors (Lipinski definition) is 2. The molecule has 21 heavy (non-hydrogen) atoms. The van der Waals surface area contributed by atoms with E-state index in [1.54, 1.807) is 6.07 Å². The van der Waals surface area contributed by atoms with Gasteiger partial charge < -0.3 is 15.2 Å². The molecular formula is C18H23NO2. The molecule has 3 nitrogen and oxygen atoms in total. The van der Waals surface area contributed by atoms with Crippen molar-refractivity contribution in [2.45, 2.75) is 33.2 Å². The summed E-state index contributed by atoms with van der Waals surface area (Å²) in [6.07, 6.45) is 1.00. The van der Waals surface area contributed by atoms with E-state index >= 15 is 0 Å². The maximum absolute atomic E-state index is 10.0. The normalized spacial score (nSPS) is 12.0. The van der Waals surface area contributed by atoms with Gasteiger partial charge >= 0.3 is 0 Å². The predicted octanol–water partition coefficient (Wildman–Crippen LogP) is 4.66. The van der Waals surface area contributed by atoms with Crippen LogP contribution in [0.4, 0.5) is 5.69 Å². The van der Waals surface area contributed by atoms with E-state index < -0.39 is 0 Å². The van der Waals surface area contributed by atoms with Crippen molar-refractivity contribution < 1.29 is 9.84 Å². The number of aromatic hydroxyl groups is 1. The molecule has 2 N–H and O–H groups in total. The van der Waals surface area contributed by atoms with Crippen molar-refractivity contribution >= 4 is 5.69 Å². The average Bonchev–Trinajstić information content (AvgIpc) is 2.46. The van der Waals surface area contributed by atoms with Crippen molar-refractivity contribution in [1.82, 2.24) is 0 Å². The maximum atomic E-state index is 10.0. The molecule has 0 bridgehead atoms. The topological polar surface area (TPSA) is 41.5 Å². The highest BCUT2D eigenvalue weighted by Crippen LogP contribution is 2.28. The van der Waals surface area contributed by atoms with Crippen LogP contribution in [-0.4, -0.2) is 11.7 Å². The summed E-state index contributed by atoms with van der Waals surface area (Å²) in [6, 6.07) is 13.7. The Kier molecular flexibility index (Phi) is 5.09. The van der Waals surface area contributed by atoms with Crippen LogP contribution in [0.2, 0.25) is 0 Å². The number of aryl methyl sites for hydroxylation is 1. The summed E-state index contributed by atoms with van der Waals surface area (Å²) in [5, 5.41) is 13.4. The minimum Gasteiger partial charge on any atom is -0.508 e. The number of phenolic OH excluding ortho intramolecular Hbond substituents is 1. The van der Waals surface area contributed by atoms with Crippen LogP contribution < -0.4 is 10.1 Å². The van der Waals surface area contributed by atoms with Crippen LogP contribution in [0, 0.1) is 6.92 Å². The number of phenols is 1. The molecule has 0 spiro atoms. The van der Waals surface area contributed by atoms with Crippen LogP contribution in [0.15, 0.2) is 42.5 Å². The standard InChI is InChI=1S/C18H23NO2/c1-4-11-21-16-8-6-15(7-9-16)19-14(3)17-10-5-13(2)12-18(17)20/h5-10,12,14,19-20H,4,11H2,1-3H3. The summed E-state index contributed by atoms with van der Waals surface area (Å²) in [4.78, 5) is 0. The third kappa shape index (κ3) is 4.15. The SMILES string of the molecule is CCCOc1ccc(NC(C)c2ccc(C)cc2O)cc1. The molecule has 1 unspecified atom stereocenters. The second-order valence-corrected chi connectivity index (χ2v) is 5.30. The van der Waals surface area contributed by atoms with Crippen molar-refractivity contribution in [3.05, 3.63) is 53.6 Å². The van der Waals surface area contributed by atoms with Crippen molar-refractivity contribution in [2.24, 2.45) is 0 Å². The van der Waals surface area contributed by atoms with E-state index in [0.29, 0.717) is 5.75 Å². The molecule has 0 aromatic heterocycles. The molecular weight excluding hydrogens is 262 g/mol. The van der Waals surface area contributed by atoms with Gasteiger partial charge in [-0.15, -0.1) is 0 Å². The molecule has 0 amide bonds. The van der Waals surface area contributed by atoms with Gasteiger partial charge in [0.15, 0.2) is 0 Å². The highest BCUT2D eigenvalue weighted by Gasteiger charge is 2.10. The Morgan fingerprint density at radius 1 is 1.14 bits per heavy atom.